The second kappa shape index (κ2) is 9.36. The fraction of sp³-hybridized carbons (Fsp3) is 0.231. The highest BCUT2D eigenvalue weighted by Crippen LogP contribution is 2.31. The Balaban J connectivity index is 1.76. The van der Waals surface area contributed by atoms with Crippen LogP contribution in [0.5, 0.6) is 0 Å². The molecule has 0 fully saturated rings. The van der Waals surface area contributed by atoms with Crippen molar-refractivity contribution in [2.75, 3.05) is 0 Å². The van der Waals surface area contributed by atoms with Crippen LogP contribution >= 0.6 is 11.6 Å². The van der Waals surface area contributed by atoms with Gasteiger partial charge in [0.25, 0.3) is 0 Å². The van der Waals surface area contributed by atoms with Gasteiger partial charge in [-0.3, -0.25) is 4.79 Å². The van der Waals surface area contributed by atoms with Crippen molar-refractivity contribution in [3.8, 4) is 22.4 Å². The Morgan fingerprint density at radius 3 is 2.52 bits per heavy atom. The zero-order valence-corrected chi connectivity index (χ0v) is 18.6. The Bertz CT molecular complexity index is 1200. The third kappa shape index (κ3) is 4.64. The third-order valence-corrected chi connectivity index (χ3v) is 5.89. The van der Waals surface area contributed by atoms with Gasteiger partial charge >= 0.3 is 0 Å². The number of nitrogens with one attached hydrogen (secondary N) is 1. The lowest BCUT2D eigenvalue weighted by Gasteiger charge is -2.12. The second-order valence-electron chi connectivity index (χ2n) is 7.78. The predicted molar refractivity (Wildman–Crippen MR) is 127 cm³/mol. The van der Waals surface area contributed by atoms with Crippen LogP contribution in [-0.4, -0.2) is 21.3 Å². The van der Waals surface area contributed by atoms with Gasteiger partial charge in [0.1, 0.15) is 5.65 Å². The van der Waals surface area contributed by atoms with Gasteiger partial charge in [-0.05, 0) is 43.5 Å². The smallest absolute Gasteiger partial charge is 0.220 e. The van der Waals surface area contributed by atoms with E-state index in [1.165, 1.54) is 0 Å². The number of carbonyl (C=O) groups excluding carboxylic acids is 1. The lowest BCUT2D eigenvalue weighted by atomic mass is 10.1. The summed E-state index contributed by atoms with van der Waals surface area (Å²) in [5.74, 6) is 0.0607. The molecule has 0 aliphatic heterocycles. The van der Waals surface area contributed by atoms with Crippen LogP contribution in [0.2, 0.25) is 5.02 Å². The molecule has 0 bridgehead atoms. The first-order valence-electron chi connectivity index (χ1n) is 10.7. The van der Waals surface area contributed by atoms with Crippen LogP contribution in [0.15, 0.2) is 72.9 Å². The van der Waals surface area contributed by atoms with Crippen LogP contribution in [-0.2, 0) is 11.2 Å². The molecule has 1 atom stereocenters. The van der Waals surface area contributed by atoms with Gasteiger partial charge in [-0.15, -0.1) is 0 Å². The highest BCUT2D eigenvalue weighted by atomic mass is 35.5. The standard InChI is InChI=1S/C26H26ClN3O/c1-3-18(2)28-25(31)16-14-23-26(19-9-5-4-6-10-19)29-24-15-13-20(17-30(23)24)21-11-7-8-12-22(21)27/h4-13,15,17-18H,3,14,16H2,1-2H3,(H,28,31)/t18-/m1/s1. The van der Waals surface area contributed by atoms with Crippen molar-refractivity contribution in [1.29, 1.82) is 0 Å². The van der Waals surface area contributed by atoms with Gasteiger partial charge in [0, 0.05) is 34.8 Å². The number of imidazole rings is 1. The minimum absolute atomic E-state index is 0.0607. The zero-order valence-electron chi connectivity index (χ0n) is 17.8. The maximum atomic E-state index is 12.5. The summed E-state index contributed by atoms with van der Waals surface area (Å²) in [4.78, 5) is 17.4. The number of aromatic nitrogens is 2. The van der Waals surface area contributed by atoms with E-state index in [1.807, 2.05) is 61.5 Å². The topological polar surface area (TPSA) is 46.4 Å². The molecule has 4 nitrogen and oxygen atoms in total. The van der Waals surface area contributed by atoms with Gasteiger partial charge in [0.05, 0.1) is 11.4 Å². The number of carbonyl (C=O) groups is 1. The summed E-state index contributed by atoms with van der Waals surface area (Å²) in [6.45, 7) is 4.09. The van der Waals surface area contributed by atoms with Crippen LogP contribution in [0.3, 0.4) is 0 Å². The number of halogens is 1. The van der Waals surface area contributed by atoms with Crippen LogP contribution in [0.1, 0.15) is 32.4 Å². The summed E-state index contributed by atoms with van der Waals surface area (Å²) in [7, 11) is 0. The summed E-state index contributed by atoms with van der Waals surface area (Å²) in [6, 6.07) is 22.2. The number of amides is 1. The largest absolute Gasteiger partial charge is 0.354 e. The molecular formula is C26H26ClN3O. The monoisotopic (exact) mass is 431 g/mol. The molecule has 0 saturated carbocycles. The Labute approximate surface area is 187 Å². The summed E-state index contributed by atoms with van der Waals surface area (Å²) in [6.07, 6.45) is 3.99. The molecule has 4 aromatic rings. The third-order valence-electron chi connectivity index (χ3n) is 5.56. The lowest BCUT2D eigenvalue weighted by molar-refractivity contribution is -0.121. The minimum Gasteiger partial charge on any atom is -0.354 e. The van der Waals surface area contributed by atoms with Crippen LogP contribution in [0.25, 0.3) is 28.0 Å². The van der Waals surface area contributed by atoms with Gasteiger partial charge < -0.3 is 9.72 Å². The molecule has 2 aromatic heterocycles. The van der Waals surface area contributed by atoms with Gasteiger partial charge in [0.2, 0.25) is 5.91 Å². The number of fused-ring (bicyclic) bond motifs is 1. The van der Waals surface area contributed by atoms with Crippen molar-refractivity contribution in [1.82, 2.24) is 14.7 Å². The molecule has 0 saturated heterocycles. The van der Waals surface area contributed by atoms with Crippen LogP contribution < -0.4 is 5.32 Å². The molecular weight excluding hydrogens is 406 g/mol. The molecule has 31 heavy (non-hydrogen) atoms. The van der Waals surface area contributed by atoms with E-state index in [0.717, 1.165) is 40.1 Å². The average Bonchev–Trinajstić information content (AvgIpc) is 3.16. The summed E-state index contributed by atoms with van der Waals surface area (Å²) in [5, 5.41) is 3.77. The minimum atomic E-state index is 0.0607. The lowest BCUT2D eigenvalue weighted by Crippen LogP contribution is -2.32. The molecule has 5 heteroatoms. The Morgan fingerprint density at radius 2 is 1.77 bits per heavy atom. The van der Waals surface area contributed by atoms with Gasteiger partial charge in [-0.25, -0.2) is 4.98 Å². The van der Waals surface area contributed by atoms with Crippen LogP contribution in [0, 0.1) is 0 Å². The van der Waals surface area contributed by atoms with E-state index in [9.17, 15) is 4.79 Å². The van der Waals surface area contributed by atoms with Crippen molar-refractivity contribution in [2.24, 2.45) is 0 Å². The van der Waals surface area contributed by atoms with E-state index in [1.54, 1.807) is 0 Å². The Morgan fingerprint density at radius 1 is 1.03 bits per heavy atom. The molecule has 158 valence electrons. The highest BCUT2D eigenvalue weighted by molar-refractivity contribution is 6.33. The molecule has 4 rings (SSSR count). The number of hydrogen-bond acceptors (Lipinski definition) is 2. The molecule has 0 unspecified atom stereocenters. The first-order valence-corrected chi connectivity index (χ1v) is 11.0. The van der Waals surface area contributed by atoms with Gasteiger partial charge in [0.15, 0.2) is 0 Å². The van der Waals surface area contributed by atoms with Crippen molar-refractivity contribution < 1.29 is 4.79 Å². The molecule has 2 heterocycles. The van der Waals surface area contributed by atoms with Crippen molar-refractivity contribution in [3.63, 3.8) is 0 Å². The van der Waals surface area contributed by atoms with Crippen molar-refractivity contribution in [2.45, 2.75) is 39.2 Å². The van der Waals surface area contributed by atoms with Crippen molar-refractivity contribution >= 4 is 23.2 Å². The molecule has 0 spiro atoms. The van der Waals surface area contributed by atoms with Gasteiger partial charge in [-0.1, -0.05) is 67.1 Å². The summed E-state index contributed by atoms with van der Waals surface area (Å²) >= 11 is 6.44. The second-order valence-corrected chi connectivity index (χ2v) is 8.18. The highest BCUT2D eigenvalue weighted by Gasteiger charge is 2.17. The number of pyridine rings is 1. The average molecular weight is 432 g/mol. The normalized spacial score (nSPS) is 12.1. The molecule has 2 aromatic carbocycles. The molecule has 0 aliphatic carbocycles. The van der Waals surface area contributed by atoms with E-state index < -0.39 is 0 Å². The SMILES string of the molecule is CC[C@@H](C)NC(=O)CCc1c(-c2ccccc2)nc2ccc(-c3ccccc3Cl)cn12. The van der Waals surface area contributed by atoms with E-state index in [-0.39, 0.29) is 11.9 Å². The number of hydrogen-bond donors (Lipinski definition) is 1. The maximum absolute atomic E-state index is 12.5. The number of benzene rings is 2. The molecule has 0 radical (unpaired) electrons. The van der Waals surface area contributed by atoms with E-state index in [2.05, 4.69) is 35.0 Å². The first-order chi connectivity index (χ1) is 15.1. The summed E-state index contributed by atoms with van der Waals surface area (Å²) < 4.78 is 2.09. The van der Waals surface area contributed by atoms with Gasteiger partial charge in [-0.2, -0.15) is 0 Å². The fourth-order valence-electron chi connectivity index (χ4n) is 3.70. The maximum Gasteiger partial charge on any atom is 0.220 e. The number of aryl methyl sites for hydroxylation is 1. The zero-order chi connectivity index (χ0) is 21.8. The molecule has 1 N–H and O–H groups in total. The number of rotatable bonds is 7. The van der Waals surface area contributed by atoms with Crippen LogP contribution in [0.4, 0.5) is 0 Å². The van der Waals surface area contributed by atoms with E-state index in [4.69, 9.17) is 16.6 Å². The quantitative estimate of drug-likeness (QED) is 0.380. The predicted octanol–water partition coefficient (Wildman–Crippen LogP) is 6.17. The summed E-state index contributed by atoms with van der Waals surface area (Å²) in [5.41, 5.74) is 5.82. The Kier molecular flexibility index (Phi) is 6.38. The Hall–Kier alpha value is -3.11. The van der Waals surface area contributed by atoms with E-state index >= 15 is 0 Å². The molecule has 1 amide bonds. The fourth-order valence-corrected chi connectivity index (χ4v) is 3.94. The van der Waals surface area contributed by atoms with Crippen molar-refractivity contribution in [3.05, 3.63) is 83.6 Å². The molecule has 0 aliphatic rings. The number of nitrogens with zero attached hydrogens (tertiary/aromatic N) is 2. The van der Waals surface area contributed by atoms with E-state index in [0.29, 0.717) is 17.9 Å². The first kappa shape index (κ1) is 21.1.